The molecule has 2 heterocycles. The number of hydrogen-bond acceptors (Lipinski definition) is 6. The Bertz CT molecular complexity index is 1290. The van der Waals surface area contributed by atoms with Crippen molar-refractivity contribution in [2.45, 2.75) is 11.7 Å². The third kappa shape index (κ3) is 4.52. The van der Waals surface area contributed by atoms with Crippen molar-refractivity contribution in [2.24, 2.45) is 0 Å². The average molecular weight is 430 g/mol. The number of aromatic nitrogens is 2. The van der Waals surface area contributed by atoms with Gasteiger partial charge in [0.1, 0.15) is 12.3 Å². The van der Waals surface area contributed by atoms with Crippen LogP contribution in [0.1, 0.15) is 5.76 Å². The van der Waals surface area contributed by atoms with Crippen LogP contribution in [0.4, 0.5) is 5.69 Å². The molecule has 0 atom stereocenters. The molecule has 0 radical (unpaired) electrons. The van der Waals surface area contributed by atoms with Gasteiger partial charge >= 0.3 is 0 Å². The molecule has 0 bridgehead atoms. The van der Waals surface area contributed by atoms with Gasteiger partial charge in [-0.15, -0.1) is 0 Å². The van der Waals surface area contributed by atoms with Gasteiger partial charge in [-0.1, -0.05) is 42.1 Å². The summed E-state index contributed by atoms with van der Waals surface area (Å²) in [7, 11) is 0. The summed E-state index contributed by atoms with van der Waals surface area (Å²) in [6.07, 6.45) is 1.55. The Morgan fingerprint density at radius 3 is 2.61 bits per heavy atom. The zero-order valence-electron chi connectivity index (χ0n) is 16.5. The fourth-order valence-corrected chi connectivity index (χ4v) is 4.04. The van der Waals surface area contributed by atoms with E-state index in [0.29, 0.717) is 27.5 Å². The van der Waals surface area contributed by atoms with Gasteiger partial charge in [0, 0.05) is 5.69 Å². The Kier molecular flexibility index (Phi) is 6.15. The van der Waals surface area contributed by atoms with E-state index in [1.54, 1.807) is 48.7 Å². The van der Waals surface area contributed by atoms with Crippen molar-refractivity contribution < 1.29 is 9.21 Å². The lowest BCUT2D eigenvalue weighted by atomic mass is 10.2. The number of amides is 1. The second-order valence-corrected chi connectivity index (χ2v) is 7.59. The highest BCUT2D eigenvalue weighted by molar-refractivity contribution is 7.99. The van der Waals surface area contributed by atoms with Gasteiger partial charge in [-0.05, 0) is 36.4 Å². The molecule has 1 amide bonds. The van der Waals surface area contributed by atoms with E-state index in [9.17, 15) is 9.59 Å². The highest BCUT2D eigenvalue weighted by atomic mass is 32.2. The summed E-state index contributed by atoms with van der Waals surface area (Å²) in [4.78, 5) is 32.0. The van der Waals surface area contributed by atoms with Crippen LogP contribution in [0.25, 0.3) is 10.9 Å². The molecule has 0 unspecified atom stereocenters. The van der Waals surface area contributed by atoms with Crippen LogP contribution in [0, 0.1) is 11.3 Å². The van der Waals surface area contributed by atoms with Crippen LogP contribution in [0.2, 0.25) is 0 Å². The molecule has 0 saturated carbocycles. The molecule has 154 valence electrons. The lowest BCUT2D eigenvalue weighted by Gasteiger charge is -2.20. The fraction of sp³-hybridized carbons (Fsp3) is 0.130. The summed E-state index contributed by atoms with van der Waals surface area (Å²) in [6.45, 7) is 0.147. The van der Waals surface area contributed by atoms with Gasteiger partial charge < -0.3 is 4.42 Å². The number of thioether (sulfide) groups is 1. The molecular formula is C23H18N4O3S. The molecule has 7 nitrogen and oxygen atoms in total. The zero-order valence-corrected chi connectivity index (χ0v) is 17.3. The van der Waals surface area contributed by atoms with Crippen molar-refractivity contribution >= 4 is 34.3 Å². The number of nitriles is 1. The van der Waals surface area contributed by atoms with Crippen molar-refractivity contribution in [3.63, 3.8) is 0 Å². The molecule has 0 fully saturated rings. The number of rotatable bonds is 7. The quantitative estimate of drug-likeness (QED) is 0.252. The maximum atomic E-state index is 13.1. The summed E-state index contributed by atoms with van der Waals surface area (Å²) in [5.41, 5.74) is 1.01. The van der Waals surface area contributed by atoms with Crippen molar-refractivity contribution in [1.29, 1.82) is 5.26 Å². The van der Waals surface area contributed by atoms with E-state index in [1.165, 1.54) is 9.47 Å². The first kappa shape index (κ1) is 20.4. The Hall–Kier alpha value is -3.83. The van der Waals surface area contributed by atoms with Crippen LogP contribution in [0.3, 0.4) is 0 Å². The topological polar surface area (TPSA) is 92.1 Å². The lowest BCUT2D eigenvalue weighted by Crippen LogP contribution is -2.33. The smallest absolute Gasteiger partial charge is 0.262 e. The largest absolute Gasteiger partial charge is 0.467 e. The number of anilines is 1. The predicted molar refractivity (Wildman–Crippen MR) is 119 cm³/mol. The molecule has 0 N–H and O–H groups in total. The summed E-state index contributed by atoms with van der Waals surface area (Å²) in [5.74, 6) is 0.395. The molecule has 8 heteroatoms. The zero-order chi connectivity index (χ0) is 21.6. The normalized spacial score (nSPS) is 10.7. The molecule has 0 aliphatic carbocycles. The molecule has 31 heavy (non-hydrogen) atoms. The van der Waals surface area contributed by atoms with Crippen LogP contribution in [0.5, 0.6) is 0 Å². The number of carbonyl (C=O) groups is 1. The van der Waals surface area contributed by atoms with E-state index in [0.717, 1.165) is 11.8 Å². The second kappa shape index (κ2) is 9.32. The van der Waals surface area contributed by atoms with Gasteiger partial charge in [-0.3, -0.25) is 19.1 Å². The molecule has 2 aromatic carbocycles. The molecule has 0 aliphatic heterocycles. The molecule has 0 saturated heterocycles. The Morgan fingerprint density at radius 2 is 1.87 bits per heavy atom. The van der Waals surface area contributed by atoms with Gasteiger partial charge in [0.05, 0.1) is 35.5 Å². The molecule has 2 aromatic heterocycles. The number of furan rings is 1. The van der Waals surface area contributed by atoms with Crippen LogP contribution in [0.15, 0.2) is 87.4 Å². The van der Waals surface area contributed by atoms with Crippen LogP contribution in [-0.4, -0.2) is 27.8 Å². The SMILES string of the molecule is N#CCN(C(=O)CSc1nc2ccccc2c(=O)n1Cc1ccco1)c1ccccc1. The van der Waals surface area contributed by atoms with E-state index < -0.39 is 0 Å². The number of benzene rings is 2. The fourth-order valence-electron chi connectivity index (χ4n) is 3.16. The lowest BCUT2D eigenvalue weighted by molar-refractivity contribution is -0.116. The molecular weight excluding hydrogens is 412 g/mol. The minimum absolute atomic E-state index is 0.0273. The Balaban J connectivity index is 1.64. The van der Waals surface area contributed by atoms with Crippen molar-refractivity contribution in [2.75, 3.05) is 17.2 Å². The van der Waals surface area contributed by atoms with E-state index in [-0.39, 0.29) is 30.3 Å². The van der Waals surface area contributed by atoms with E-state index >= 15 is 0 Å². The second-order valence-electron chi connectivity index (χ2n) is 6.64. The van der Waals surface area contributed by atoms with Gasteiger partial charge in [-0.25, -0.2) is 4.98 Å². The Labute approximate surface area is 182 Å². The van der Waals surface area contributed by atoms with Crippen LogP contribution >= 0.6 is 11.8 Å². The number of fused-ring (bicyclic) bond motifs is 1. The molecule has 4 aromatic rings. The highest BCUT2D eigenvalue weighted by Gasteiger charge is 2.19. The van der Waals surface area contributed by atoms with Crippen LogP contribution in [-0.2, 0) is 11.3 Å². The van der Waals surface area contributed by atoms with Gasteiger partial charge in [0.25, 0.3) is 5.56 Å². The van der Waals surface area contributed by atoms with Gasteiger partial charge in [0.15, 0.2) is 5.16 Å². The van der Waals surface area contributed by atoms with Gasteiger partial charge in [-0.2, -0.15) is 5.26 Å². The summed E-state index contributed by atoms with van der Waals surface area (Å²) < 4.78 is 6.92. The van der Waals surface area contributed by atoms with Gasteiger partial charge in [0.2, 0.25) is 5.91 Å². The molecule has 4 rings (SSSR count). The monoisotopic (exact) mass is 430 g/mol. The van der Waals surface area contributed by atoms with Crippen molar-refractivity contribution in [3.05, 3.63) is 89.1 Å². The van der Waals surface area contributed by atoms with Crippen molar-refractivity contribution in [1.82, 2.24) is 9.55 Å². The first-order chi connectivity index (χ1) is 15.2. The number of para-hydroxylation sites is 2. The number of hydrogen-bond donors (Lipinski definition) is 0. The number of nitrogens with zero attached hydrogens (tertiary/aromatic N) is 4. The summed E-state index contributed by atoms with van der Waals surface area (Å²) in [6, 6.07) is 21.7. The Morgan fingerprint density at radius 1 is 1.10 bits per heavy atom. The predicted octanol–water partition coefficient (Wildman–Crippen LogP) is 3.69. The average Bonchev–Trinajstić information content (AvgIpc) is 3.32. The van der Waals surface area contributed by atoms with Crippen molar-refractivity contribution in [3.8, 4) is 6.07 Å². The molecule has 0 spiro atoms. The maximum absolute atomic E-state index is 13.1. The maximum Gasteiger partial charge on any atom is 0.262 e. The minimum atomic E-state index is -0.246. The molecule has 0 aliphatic rings. The summed E-state index contributed by atoms with van der Waals surface area (Å²) in [5, 5.41) is 10.1. The van der Waals surface area contributed by atoms with E-state index in [4.69, 9.17) is 9.68 Å². The van der Waals surface area contributed by atoms with E-state index in [1.807, 2.05) is 30.3 Å². The third-order valence-electron chi connectivity index (χ3n) is 4.64. The highest BCUT2D eigenvalue weighted by Crippen LogP contribution is 2.21. The summed E-state index contributed by atoms with van der Waals surface area (Å²) >= 11 is 1.16. The van der Waals surface area contributed by atoms with E-state index in [2.05, 4.69) is 4.98 Å². The first-order valence-electron chi connectivity index (χ1n) is 9.54. The number of carbonyl (C=O) groups excluding carboxylic acids is 1. The minimum Gasteiger partial charge on any atom is -0.467 e. The first-order valence-corrected chi connectivity index (χ1v) is 10.5. The third-order valence-corrected chi connectivity index (χ3v) is 5.60. The standard InChI is InChI=1S/C23H18N4O3S/c24-12-13-26(17-7-2-1-3-8-17)21(28)16-31-23-25-20-11-5-4-10-19(20)22(29)27(23)15-18-9-6-14-30-18/h1-11,14H,13,15-16H2. The van der Waals surface area contributed by atoms with Crippen LogP contribution < -0.4 is 10.5 Å².